The molecule has 0 saturated carbocycles. The van der Waals surface area contributed by atoms with Crippen molar-refractivity contribution in [1.82, 2.24) is 0 Å². The second-order valence-corrected chi connectivity index (χ2v) is 3.22. The Morgan fingerprint density at radius 2 is 1.75 bits per heavy atom. The summed E-state index contributed by atoms with van der Waals surface area (Å²) in [6, 6.07) is 0. The summed E-state index contributed by atoms with van der Waals surface area (Å²) in [5.74, 6) is 0.725. The Bertz CT molecular complexity index is 96.6. The average Bonchev–Trinajstić information content (AvgIpc) is 1.65. The van der Waals surface area contributed by atoms with Crippen molar-refractivity contribution in [2.45, 2.75) is 39.4 Å². The summed E-state index contributed by atoms with van der Waals surface area (Å²) < 4.78 is 5.44. The second-order valence-electron chi connectivity index (χ2n) is 3.22. The molecule has 0 bridgehead atoms. The van der Waals surface area contributed by atoms with E-state index < -0.39 is 0 Å². The fourth-order valence-electron chi connectivity index (χ4n) is 1.18. The first-order valence-corrected chi connectivity index (χ1v) is 3.22. The normalized spacial score (nSPS) is 43.5. The molecule has 0 spiro atoms. The van der Waals surface area contributed by atoms with E-state index in [1.54, 1.807) is 0 Å². The Hall–Kier alpha value is -0.0400. The molecule has 1 aliphatic heterocycles. The summed E-state index contributed by atoms with van der Waals surface area (Å²) >= 11 is 0. The van der Waals surface area contributed by atoms with E-state index in [2.05, 4.69) is 27.7 Å². The van der Waals surface area contributed by atoms with Gasteiger partial charge in [-0.1, -0.05) is 6.92 Å². The maximum atomic E-state index is 5.44. The molecule has 48 valence electrons. The molecule has 1 fully saturated rings. The van der Waals surface area contributed by atoms with Crippen LogP contribution in [0.3, 0.4) is 0 Å². The molecule has 1 nitrogen and oxygen atoms in total. The first-order valence-electron chi connectivity index (χ1n) is 3.22. The van der Waals surface area contributed by atoms with Crippen LogP contribution in [-0.4, -0.2) is 11.7 Å². The highest BCUT2D eigenvalue weighted by Crippen LogP contribution is 2.37. The van der Waals surface area contributed by atoms with Crippen LogP contribution in [0.5, 0.6) is 0 Å². The fourth-order valence-corrected chi connectivity index (χ4v) is 1.18. The third kappa shape index (κ3) is 0.655. The molecule has 1 heterocycles. The van der Waals surface area contributed by atoms with E-state index >= 15 is 0 Å². The lowest BCUT2D eigenvalue weighted by Gasteiger charge is -2.48. The lowest BCUT2D eigenvalue weighted by molar-refractivity contribution is -0.226. The SMILES string of the molecule is C[C@H]1OC(C)(C)[C@H]1C. The van der Waals surface area contributed by atoms with Gasteiger partial charge in [-0.25, -0.2) is 0 Å². The molecule has 0 amide bonds. The van der Waals surface area contributed by atoms with Crippen LogP contribution in [-0.2, 0) is 4.74 Å². The molecule has 0 radical (unpaired) electrons. The van der Waals surface area contributed by atoms with Crippen molar-refractivity contribution < 1.29 is 4.74 Å². The van der Waals surface area contributed by atoms with Crippen molar-refractivity contribution in [3.8, 4) is 0 Å². The van der Waals surface area contributed by atoms with Crippen LogP contribution < -0.4 is 0 Å². The van der Waals surface area contributed by atoms with E-state index in [1.165, 1.54) is 0 Å². The van der Waals surface area contributed by atoms with Gasteiger partial charge in [0.25, 0.3) is 0 Å². The minimum atomic E-state index is 0.152. The molecule has 0 aromatic rings. The number of hydrogen-bond acceptors (Lipinski definition) is 1. The summed E-state index contributed by atoms with van der Waals surface area (Å²) in [5.41, 5.74) is 0.152. The molecular formula is C7H14O. The highest BCUT2D eigenvalue weighted by Gasteiger charge is 2.42. The van der Waals surface area contributed by atoms with Gasteiger partial charge in [-0.2, -0.15) is 0 Å². The van der Waals surface area contributed by atoms with Gasteiger partial charge in [0.05, 0.1) is 11.7 Å². The Labute approximate surface area is 51.0 Å². The van der Waals surface area contributed by atoms with Gasteiger partial charge in [-0.3, -0.25) is 0 Å². The van der Waals surface area contributed by atoms with Crippen LogP contribution in [0.1, 0.15) is 27.7 Å². The standard InChI is InChI=1S/C7H14O/c1-5-6(2)8-7(5,3)4/h5-6H,1-4H3/t5-,6+/m0/s1. The third-order valence-corrected chi connectivity index (χ3v) is 2.29. The highest BCUT2D eigenvalue weighted by atomic mass is 16.5. The zero-order valence-corrected chi connectivity index (χ0v) is 6.06. The lowest BCUT2D eigenvalue weighted by Crippen LogP contribution is -2.53. The van der Waals surface area contributed by atoms with E-state index in [9.17, 15) is 0 Å². The Kier molecular flexibility index (Phi) is 1.12. The van der Waals surface area contributed by atoms with E-state index in [4.69, 9.17) is 4.74 Å². The van der Waals surface area contributed by atoms with Gasteiger partial charge in [-0.05, 0) is 20.8 Å². The van der Waals surface area contributed by atoms with E-state index in [1.807, 2.05) is 0 Å². The van der Waals surface area contributed by atoms with E-state index in [-0.39, 0.29) is 5.60 Å². The zero-order chi connectivity index (χ0) is 6.36. The van der Waals surface area contributed by atoms with Gasteiger partial charge >= 0.3 is 0 Å². The van der Waals surface area contributed by atoms with Crippen molar-refractivity contribution in [3.05, 3.63) is 0 Å². The van der Waals surface area contributed by atoms with Crippen molar-refractivity contribution in [2.24, 2.45) is 5.92 Å². The highest BCUT2D eigenvalue weighted by molar-refractivity contribution is 4.90. The van der Waals surface area contributed by atoms with Crippen molar-refractivity contribution >= 4 is 0 Å². The van der Waals surface area contributed by atoms with Crippen molar-refractivity contribution in [3.63, 3.8) is 0 Å². The fraction of sp³-hybridized carbons (Fsp3) is 1.00. The van der Waals surface area contributed by atoms with Gasteiger partial charge < -0.3 is 4.74 Å². The van der Waals surface area contributed by atoms with E-state index in [0.717, 1.165) is 5.92 Å². The quantitative estimate of drug-likeness (QED) is 0.466. The molecule has 8 heavy (non-hydrogen) atoms. The Morgan fingerprint density at radius 3 is 1.75 bits per heavy atom. The monoisotopic (exact) mass is 114 g/mol. The first-order chi connectivity index (χ1) is 3.54. The van der Waals surface area contributed by atoms with Gasteiger partial charge in [0.2, 0.25) is 0 Å². The van der Waals surface area contributed by atoms with Crippen LogP contribution >= 0.6 is 0 Å². The summed E-state index contributed by atoms with van der Waals surface area (Å²) in [6.07, 6.45) is 0.477. The minimum Gasteiger partial charge on any atom is -0.372 e. The summed E-state index contributed by atoms with van der Waals surface area (Å²) in [4.78, 5) is 0. The maximum absolute atomic E-state index is 5.44. The van der Waals surface area contributed by atoms with Gasteiger partial charge in [-0.15, -0.1) is 0 Å². The molecule has 0 aromatic heterocycles. The maximum Gasteiger partial charge on any atom is 0.0680 e. The molecule has 1 aliphatic rings. The largest absolute Gasteiger partial charge is 0.372 e. The van der Waals surface area contributed by atoms with Crippen LogP contribution in [0, 0.1) is 5.92 Å². The Morgan fingerprint density at radius 1 is 1.25 bits per heavy atom. The lowest BCUT2D eigenvalue weighted by atomic mass is 9.82. The predicted octanol–water partition coefficient (Wildman–Crippen LogP) is 1.82. The smallest absolute Gasteiger partial charge is 0.0680 e. The number of hydrogen-bond donors (Lipinski definition) is 0. The third-order valence-electron chi connectivity index (χ3n) is 2.29. The molecular weight excluding hydrogens is 100 g/mol. The number of ether oxygens (including phenoxy) is 1. The summed E-state index contributed by atoms with van der Waals surface area (Å²) in [7, 11) is 0. The molecule has 0 unspecified atom stereocenters. The molecule has 1 rings (SSSR count). The van der Waals surface area contributed by atoms with Gasteiger partial charge in [0.15, 0.2) is 0 Å². The first kappa shape index (κ1) is 6.09. The van der Waals surface area contributed by atoms with Crippen LogP contribution in [0.25, 0.3) is 0 Å². The molecule has 1 heteroatoms. The van der Waals surface area contributed by atoms with Crippen LogP contribution in [0.2, 0.25) is 0 Å². The second kappa shape index (κ2) is 1.47. The molecule has 2 atom stereocenters. The topological polar surface area (TPSA) is 9.23 Å². The molecule has 1 saturated heterocycles. The van der Waals surface area contributed by atoms with Gasteiger partial charge in [0.1, 0.15) is 0 Å². The minimum absolute atomic E-state index is 0.152. The Balaban J connectivity index is 2.47. The summed E-state index contributed by atoms with van der Waals surface area (Å²) in [5, 5.41) is 0. The molecule has 0 aliphatic carbocycles. The van der Waals surface area contributed by atoms with Crippen molar-refractivity contribution in [1.29, 1.82) is 0 Å². The van der Waals surface area contributed by atoms with Crippen molar-refractivity contribution in [2.75, 3.05) is 0 Å². The van der Waals surface area contributed by atoms with Gasteiger partial charge in [0, 0.05) is 5.92 Å². The number of rotatable bonds is 0. The summed E-state index contributed by atoms with van der Waals surface area (Å²) in [6.45, 7) is 8.62. The van der Waals surface area contributed by atoms with Crippen LogP contribution in [0.4, 0.5) is 0 Å². The molecule has 0 N–H and O–H groups in total. The van der Waals surface area contributed by atoms with E-state index in [0.29, 0.717) is 6.10 Å². The average molecular weight is 114 g/mol. The van der Waals surface area contributed by atoms with Crippen LogP contribution in [0.15, 0.2) is 0 Å². The molecule has 0 aromatic carbocycles. The predicted molar refractivity (Wildman–Crippen MR) is 33.8 cm³/mol. The zero-order valence-electron chi connectivity index (χ0n) is 6.06.